The van der Waals surface area contributed by atoms with Gasteiger partial charge in [0.15, 0.2) is 0 Å². The van der Waals surface area contributed by atoms with Crippen molar-refractivity contribution >= 4 is 23.0 Å². The monoisotopic (exact) mass is 487 g/mol. The molecule has 3 heterocycles. The lowest BCUT2D eigenvalue weighted by Crippen LogP contribution is -2.39. The van der Waals surface area contributed by atoms with E-state index in [1.807, 2.05) is 48.5 Å². The fourth-order valence-electron chi connectivity index (χ4n) is 4.34. The highest BCUT2D eigenvalue weighted by Gasteiger charge is 2.36. The van der Waals surface area contributed by atoms with Crippen molar-refractivity contribution in [3.63, 3.8) is 0 Å². The molecule has 0 radical (unpaired) electrons. The molecular weight excluding hydrogens is 458 g/mol. The molecule has 0 atom stereocenters. The normalized spacial score (nSPS) is 15.1. The molecule has 0 unspecified atom stereocenters. The van der Waals surface area contributed by atoms with Gasteiger partial charge in [-0.2, -0.15) is 0 Å². The lowest BCUT2D eigenvalue weighted by Gasteiger charge is -2.30. The summed E-state index contributed by atoms with van der Waals surface area (Å²) in [6, 6.07) is 19.9. The van der Waals surface area contributed by atoms with Crippen LogP contribution in [-0.4, -0.2) is 46.8 Å². The molecule has 1 fully saturated rings. The molecule has 0 aliphatic carbocycles. The van der Waals surface area contributed by atoms with Gasteiger partial charge in [-0.05, 0) is 75.3 Å². The first-order valence-corrected chi connectivity index (χ1v) is 12.7. The zero-order valence-corrected chi connectivity index (χ0v) is 20.8. The SMILES string of the molecule is CCN(c1ccccc1)c1nccc(-c2sc(C3(O)CCNCC3)nc2-c2ccc(OC)cc2)n1. The molecule has 4 aromatic rings. The number of ether oxygens (including phenoxy) is 1. The third-order valence-electron chi connectivity index (χ3n) is 6.32. The Labute approximate surface area is 209 Å². The van der Waals surface area contributed by atoms with Crippen LogP contribution < -0.4 is 15.0 Å². The maximum absolute atomic E-state index is 11.4. The number of aromatic nitrogens is 3. The summed E-state index contributed by atoms with van der Waals surface area (Å²) in [4.78, 5) is 17.5. The highest BCUT2D eigenvalue weighted by atomic mass is 32.1. The highest BCUT2D eigenvalue weighted by molar-refractivity contribution is 7.15. The Balaban J connectivity index is 1.61. The summed E-state index contributed by atoms with van der Waals surface area (Å²) in [6.07, 6.45) is 3.06. The Kier molecular flexibility index (Phi) is 6.77. The van der Waals surface area contributed by atoms with Crippen LogP contribution in [0.3, 0.4) is 0 Å². The number of piperidine rings is 1. The van der Waals surface area contributed by atoms with E-state index in [0.29, 0.717) is 18.8 Å². The van der Waals surface area contributed by atoms with Crippen LogP contribution >= 0.6 is 11.3 Å². The molecule has 0 bridgehead atoms. The number of nitrogens with zero attached hydrogens (tertiary/aromatic N) is 4. The van der Waals surface area contributed by atoms with Gasteiger partial charge in [0.1, 0.15) is 16.4 Å². The van der Waals surface area contributed by atoms with Crippen LogP contribution in [0.1, 0.15) is 24.8 Å². The van der Waals surface area contributed by atoms with Gasteiger partial charge in [0.25, 0.3) is 0 Å². The average Bonchev–Trinajstić information content (AvgIpc) is 3.37. The highest BCUT2D eigenvalue weighted by Crippen LogP contribution is 2.42. The Bertz CT molecular complexity index is 1270. The third kappa shape index (κ3) is 4.77. The number of rotatable bonds is 7. The van der Waals surface area contributed by atoms with E-state index in [2.05, 4.69) is 34.3 Å². The summed E-state index contributed by atoms with van der Waals surface area (Å²) >= 11 is 1.52. The number of aliphatic hydroxyl groups is 1. The van der Waals surface area contributed by atoms with E-state index in [-0.39, 0.29) is 0 Å². The second-order valence-corrected chi connectivity index (χ2v) is 9.53. The maximum Gasteiger partial charge on any atom is 0.230 e. The molecule has 2 aromatic heterocycles. The van der Waals surface area contributed by atoms with E-state index in [4.69, 9.17) is 14.7 Å². The second-order valence-electron chi connectivity index (χ2n) is 8.53. The summed E-state index contributed by atoms with van der Waals surface area (Å²) in [5, 5.41) is 15.5. The topological polar surface area (TPSA) is 83.4 Å². The van der Waals surface area contributed by atoms with E-state index >= 15 is 0 Å². The summed E-state index contributed by atoms with van der Waals surface area (Å²) in [7, 11) is 1.66. The molecule has 2 N–H and O–H groups in total. The van der Waals surface area contributed by atoms with Gasteiger partial charge in [-0.3, -0.25) is 0 Å². The summed E-state index contributed by atoms with van der Waals surface area (Å²) in [6.45, 7) is 4.36. The number of hydrogen-bond acceptors (Lipinski definition) is 8. The Morgan fingerprint density at radius 1 is 1.03 bits per heavy atom. The van der Waals surface area contributed by atoms with Crippen molar-refractivity contribution in [2.24, 2.45) is 0 Å². The first kappa shape index (κ1) is 23.4. The first-order chi connectivity index (χ1) is 17.1. The zero-order chi connectivity index (χ0) is 24.3. The van der Waals surface area contributed by atoms with Gasteiger partial charge in [0, 0.05) is 24.0 Å². The fourth-order valence-corrected chi connectivity index (χ4v) is 5.55. The molecule has 1 aliphatic rings. The molecule has 1 aliphatic heterocycles. The number of benzene rings is 2. The minimum absolute atomic E-state index is 0.632. The lowest BCUT2D eigenvalue weighted by molar-refractivity contribution is 0.00582. The molecule has 180 valence electrons. The fraction of sp³-hybridized carbons (Fsp3) is 0.296. The van der Waals surface area contributed by atoms with Gasteiger partial charge in [0.05, 0.1) is 23.4 Å². The van der Waals surface area contributed by atoms with Crippen molar-refractivity contribution in [2.45, 2.75) is 25.4 Å². The van der Waals surface area contributed by atoms with E-state index < -0.39 is 5.60 Å². The molecule has 0 amide bonds. The number of thiazole rings is 1. The number of hydrogen-bond donors (Lipinski definition) is 2. The van der Waals surface area contributed by atoms with E-state index in [9.17, 15) is 5.11 Å². The summed E-state index contributed by atoms with van der Waals surface area (Å²) < 4.78 is 5.34. The molecule has 35 heavy (non-hydrogen) atoms. The number of para-hydroxylation sites is 1. The van der Waals surface area contributed by atoms with Gasteiger partial charge < -0.3 is 20.1 Å². The first-order valence-electron chi connectivity index (χ1n) is 11.9. The number of nitrogens with one attached hydrogen (secondary N) is 1. The van der Waals surface area contributed by atoms with Crippen molar-refractivity contribution < 1.29 is 9.84 Å². The Morgan fingerprint density at radius 3 is 2.46 bits per heavy atom. The van der Waals surface area contributed by atoms with Gasteiger partial charge >= 0.3 is 0 Å². The van der Waals surface area contributed by atoms with E-state index in [1.54, 1.807) is 13.3 Å². The smallest absolute Gasteiger partial charge is 0.230 e. The lowest BCUT2D eigenvalue weighted by atomic mass is 9.93. The molecule has 7 nitrogen and oxygen atoms in total. The van der Waals surface area contributed by atoms with Crippen molar-refractivity contribution in [3.8, 4) is 27.6 Å². The van der Waals surface area contributed by atoms with Gasteiger partial charge in [-0.15, -0.1) is 11.3 Å². The zero-order valence-electron chi connectivity index (χ0n) is 19.9. The van der Waals surface area contributed by atoms with Crippen molar-refractivity contribution in [3.05, 3.63) is 71.9 Å². The van der Waals surface area contributed by atoms with Crippen molar-refractivity contribution in [2.75, 3.05) is 31.6 Å². The summed E-state index contributed by atoms with van der Waals surface area (Å²) in [5.74, 6) is 1.42. The molecule has 2 aromatic carbocycles. The standard InChI is InChI=1S/C27H29N5O2S/c1-3-32(20-7-5-4-6-8-20)26-29-16-13-22(30-26)24-23(19-9-11-21(34-2)12-10-19)31-25(35-24)27(33)14-17-28-18-15-27/h4-13,16,28,33H,3,14-15,17-18H2,1-2H3. The van der Waals surface area contributed by atoms with Gasteiger partial charge in [-0.25, -0.2) is 15.0 Å². The van der Waals surface area contributed by atoms with Crippen molar-refractivity contribution in [1.29, 1.82) is 0 Å². The average molecular weight is 488 g/mol. The molecule has 0 spiro atoms. The Morgan fingerprint density at radius 2 is 1.77 bits per heavy atom. The second kappa shape index (κ2) is 10.1. The predicted octanol–water partition coefficient (Wildman–Crippen LogP) is 5.00. The molecular formula is C27H29N5O2S. The van der Waals surface area contributed by atoms with Gasteiger partial charge in [-0.1, -0.05) is 18.2 Å². The van der Waals surface area contributed by atoms with Gasteiger partial charge in [0.2, 0.25) is 5.95 Å². The molecule has 0 saturated carbocycles. The summed E-state index contributed by atoms with van der Waals surface area (Å²) in [5.41, 5.74) is 2.65. The number of anilines is 2. The minimum atomic E-state index is -0.940. The van der Waals surface area contributed by atoms with E-state index in [0.717, 1.165) is 57.9 Å². The molecule has 5 rings (SSSR count). The molecule has 1 saturated heterocycles. The quantitative estimate of drug-likeness (QED) is 0.379. The third-order valence-corrected chi connectivity index (χ3v) is 7.59. The van der Waals surface area contributed by atoms with Crippen LogP contribution in [0.25, 0.3) is 21.8 Å². The largest absolute Gasteiger partial charge is 0.497 e. The maximum atomic E-state index is 11.4. The Hall–Kier alpha value is -3.33. The molecule has 8 heteroatoms. The minimum Gasteiger partial charge on any atom is -0.497 e. The predicted molar refractivity (Wildman–Crippen MR) is 140 cm³/mol. The van der Waals surface area contributed by atoms with Crippen LogP contribution in [0.2, 0.25) is 0 Å². The van der Waals surface area contributed by atoms with Crippen LogP contribution in [0.15, 0.2) is 66.9 Å². The van der Waals surface area contributed by atoms with Crippen LogP contribution in [0.4, 0.5) is 11.6 Å². The van der Waals surface area contributed by atoms with Crippen molar-refractivity contribution in [1.82, 2.24) is 20.3 Å². The van der Waals surface area contributed by atoms with Crippen LogP contribution in [0, 0.1) is 0 Å². The number of methoxy groups -OCH3 is 1. The van der Waals surface area contributed by atoms with Crippen LogP contribution in [-0.2, 0) is 5.60 Å². The van der Waals surface area contributed by atoms with E-state index in [1.165, 1.54) is 11.3 Å². The van der Waals surface area contributed by atoms with Crippen LogP contribution in [0.5, 0.6) is 5.75 Å².